The van der Waals surface area contributed by atoms with Crippen LogP contribution >= 0.6 is 0 Å². The van der Waals surface area contributed by atoms with Gasteiger partial charge in [0.05, 0.1) is 18.3 Å². The van der Waals surface area contributed by atoms with E-state index in [1.807, 2.05) is 56.0 Å². The Bertz CT molecular complexity index is 723. The molecule has 148 valence electrons. The van der Waals surface area contributed by atoms with Crippen LogP contribution in [0.2, 0.25) is 0 Å². The Morgan fingerprint density at radius 3 is 2.63 bits per heavy atom. The molecule has 0 saturated heterocycles. The number of nitrogens with zero attached hydrogens (tertiary/aromatic N) is 4. The number of hydrogen-bond acceptors (Lipinski definition) is 3. The van der Waals surface area contributed by atoms with Gasteiger partial charge in [-0.25, -0.2) is 0 Å². The Morgan fingerprint density at radius 2 is 2.00 bits per heavy atom. The Balaban J connectivity index is 2.03. The normalized spacial score (nSPS) is 13.1. The molecule has 6 nitrogen and oxygen atoms in total. The maximum atomic E-state index is 10.3. The zero-order valence-corrected chi connectivity index (χ0v) is 17.2. The van der Waals surface area contributed by atoms with E-state index < -0.39 is 6.10 Å². The molecule has 6 heteroatoms. The van der Waals surface area contributed by atoms with Gasteiger partial charge in [0.1, 0.15) is 0 Å². The molecule has 2 rings (SSSR count). The molecular weight excluding hydrogens is 338 g/mol. The first kappa shape index (κ1) is 21.0. The van der Waals surface area contributed by atoms with Crippen molar-refractivity contribution in [2.75, 3.05) is 20.1 Å². The summed E-state index contributed by atoms with van der Waals surface area (Å²) in [5, 5.41) is 18.2. The predicted molar refractivity (Wildman–Crippen MR) is 111 cm³/mol. The molecule has 1 atom stereocenters. The third-order valence-electron chi connectivity index (χ3n) is 4.35. The molecule has 0 aliphatic rings. The lowest BCUT2D eigenvalue weighted by atomic mass is 10.1. The van der Waals surface area contributed by atoms with Crippen molar-refractivity contribution in [3.05, 3.63) is 53.3 Å². The number of guanidine groups is 1. The highest BCUT2D eigenvalue weighted by Crippen LogP contribution is 2.18. The Labute approximate surface area is 162 Å². The van der Waals surface area contributed by atoms with Crippen molar-refractivity contribution in [1.82, 2.24) is 20.0 Å². The molecule has 2 N–H and O–H groups in total. The fourth-order valence-corrected chi connectivity index (χ4v) is 3.11. The number of rotatable bonds is 8. The van der Waals surface area contributed by atoms with Gasteiger partial charge in [-0.2, -0.15) is 5.10 Å². The smallest absolute Gasteiger partial charge is 0.194 e. The van der Waals surface area contributed by atoms with Crippen molar-refractivity contribution in [2.24, 2.45) is 12.0 Å². The van der Waals surface area contributed by atoms with Crippen LogP contribution in [0.15, 0.2) is 41.5 Å². The van der Waals surface area contributed by atoms with Crippen molar-refractivity contribution in [3.63, 3.8) is 0 Å². The Hall–Kier alpha value is -2.34. The third kappa shape index (κ3) is 6.40. The van der Waals surface area contributed by atoms with E-state index >= 15 is 0 Å². The van der Waals surface area contributed by atoms with Gasteiger partial charge < -0.3 is 15.3 Å². The first-order valence-corrected chi connectivity index (χ1v) is 9.64. The highest BCUT2D eigenvalue weighted by atomic mass is 16.3. The van der Waals surface area contributed by atoms with Crippen LogP contribution in [0.3, 0.4) is 0 Å². The lowest BCUT2D eigenvalue weighted by Crippen LogP contribution is -2.39. The fraction of sp³-hybridized carbons (Fsp3) is 0.524. The minimum atomic E-state index is -0.501. The SMILES string of the molecule is CCNC(=NCC(O)Cc1ccccc1)N(C)Cc1cn(C)nc1C(C)C. The molecule has 1 heterocycles. The second-order valence-electron chi connectivity index (χ2n) is 7.26. The van der Waals surface area contributed by atoms with Crippen LogP contribution < -0.4 is 5.32 Å². The highest BCUT2D eigenvalue weighted by molar-refractivity contribution is 5.79. The summed E-state index contributed by atoms with van der Waals surface area (Å²) in [6.45, 7) is 8.24. The van der Waals surface area contributed by atoms with Gasteiger partial charge in [0.15, 0.2) is 5.96 Å². The van der Waals surface area contributed by atoms with Crippen molar-refractivity contribution in [1.29, 1.82) is 0 Å². The Morgan fingerprint density at radius 1 is 1.30 bits per heavy atom. The van der Waals surface area contributed by atoms with Crippen LogP contribution in [0.1, 0.15) is 43.5 Å². The topological polar surface area (TPSA) is 65.7 Å². The molecule has 27 heavy (non-hydrogen) atoms. The molecule has 1 unspecified atom stereocenters. The number of aromatic nitrogens is 2. The number of hydrogen-bond donors (Lipinski definition) is 2. The van der Waals surface area contributed by atoms with Gasteiger partial charge in [-0.3, -0.25) is 9.67 Å². The molecule has 2 aromatic rings. The van der Waals surface area contributed by atoms with Crippen LogP contribution in [-0.4, -0.2) is 52.0 Å². The van der Waals surface area contributed by atoms with E-state index in [1.165, 1.54) is 5.56 Å². The van der Waals surface area contributed by atoms with Gasteiger partial charge in [-0.05, 0) is 18.4 Å². The monoisotopic (exact) mass is 371 g/mol. The molecule has 0 bridgehead atoms. The van der Waals surface area contributed by atoms with Crippen LogP contribution in [0.25, 0.3) is 0 Å². The summed E-state index contributed by atoms with van der Waals surface area (Å²) in [5.74, 6) is 1.17. The molecule has 1 aromatic carbocycles. The second kappa shape index (κ2) is 10.1. The zero-order valence-electron chi connectivity index (χ0n) is 17.2. The van der Waals surface area contributed by atoms with Gasteiger partial charge in [-0.15, -0.1) is 0 Å². The van der Waals surface area contributed by atoms with Crippen molar-refractivity contribution in [2.45, 2.75) is 45.8 Å². The van der Waals surface area contributed by atoms with E-state index in [-0.39, 0.29) is 0 Å². The summed E-state index contributed by atoms with van der Waals surface area (Å²) in [6, 6.07) is 10.0. The lowest BCUT2D eigenvalue weighted by molar-refractivity contribution is 0.183. The molecule has 0 spiro atoms. The van der Waals surface area contributed by atoms with Gasteiger partial charge in [0, 0.05) is 45.4 Å². The molecule has 0 amide bonds. The number of aryl methyl sites for hydroxylation is 1. The van der Waals surface area contributed by atoms with Crippen molar-refractivity contribution in [3.8, 4) is 0 Å². The van der Waals surface area contributed by atoms with Crippen molar-refractivity contribution >= 4 is 5.96 Å². The van der Waals surface area contributed by atoms with Crippen molar-refractivity contribution < 1.29 is 5.11 Å². The molecule has 0 saturated carbocycles. The quantitative estimate of drug-likeness (QED) is 0.553. The fourth-order valence-electron chi connectivity index (χ4n) is 3.11. The minimum absolute atomic E-state index is 0.367. The average Bonchev–Trinajstić information content (AvgIpc) is 3.00. The van der Waals surface area contributed by atoms with Gasteiger partial charge in [-0.1, -0.05) is 44.2 Å². The summed E-state index contributed by atoms with van der Waals surface area (Å²) >= 11 is 0. The molecule has 0 aliphatic carbocycles. The van der Waals surface area contributed by atoms with Gasteiger partial charge >= 0.3 is 0 Å². The van der Waals surface area contributed by atoms with Crippen LogP contribution in [0.4, 0.5) is 0 Å². The molecule has 0 radical (unpaired) electrons. The summed E-state index contributed by atoms with van der Waals surface area (Å²) < 4.78 is 1.87. The average molecular weight is 372 g/mol. The van der Waals surface area contributed by atoms with Crippen LogP contribution in [0.5, 0.6) is 0 Å². The van der Waals surface area contributed by atoms with E-state index in [0.29, 0.717) is 18.9 Å². The maximum absolute atomic E-state index is 10.3. The van der Waals surface area contributed by atoms with E-state index in [9.17, 15) is 5.11 Å². The van der Waals surface area contributed by atoms with E-state index in [4.69, 9.17) is 0 Å². The van der Waals surface area contributed by atoms with Gasteiger partial charge in [0.25, 0.3) is 0 Å². The van der Waals surface area contributed by atoms with E-state index in [0.717, 1.165) is 30.3 Å². The second-order valence-corrected chi connectivity index (χ2v) is 7.26. The first-order valence-electron chi connectivity index (χ1n) is 9.64. The summed E-state index contributed by atoms with van der Waals surface area (Å²) in [4.78, 5) is 6.73. The third-order valence-corrected chi connectivity index (χ3v) is 4.35. The van der Waals surface area contributed by atoms with Gasteiger partial charge in [0.2, 0.25) is 0 Å². The lowest BCUT2D eigenvalue weighted by Gasteiger charge is -2.23. The Kier molecular flexibility index (Phi) is 7.85. The summed E-state index contributed by atoms with van der Waals surface area (Å²) in [6.07, 6.45) is 2.17. The highest BCUT2D eigenvalue weighted by Gasteiger charge is 2.15. The molecule has 1 aromatic heterocycles. The molecule has 0 fully saturated rings. The maximum Gasteiger partial charge on any atom is 0.194 e. The number of aliphatic hydroxyl groups is 1. The minimum Gasteiger partial charge on any atom is -0.391 e. The molecule has 0 aliphatic heterocycles. The number of nitrogens with one attached hydrogen (secondary N) is 1. The standard InChI is InChI=1S/C21H33N5O/c1-6-22-21(23-13-19(27)12-17-10-8-7-9-11-17)25(4)14-18-15-26(5)24-20(18)16(2)3/h7-11,15-16,19,27H,6,12-14H2,1-5H3,(H,22,23). The summed E-state index contributed by atoms with van der Waals surface area (Å²) in [7, 11) is 3.97. The number of aliphatic hydroxyl groups excluding tert-OH is 1. The molecular formula is C21H33N5O. The largest absolute Gasteiger partial charge is 0.391 e. The first-order chi connectivity index (χ1) is 12.9. The number of aliphatic imine (C=N–C) groups is 1. The van der Waals surface area contributed by atoms with E-state index in [1.54, 1.807) is 0 Å². The zero-order chi connectivity index (χ0) is 19.8. The summed E-state index contributed by atoms with van der Waals surface area (Å²) in [5.41, 5.74) is 3.44. The predicted octanol–water partition coefficient (Wildman–Crippen LogP) is 2.54. The number of benzene rings is 1. The van der Waals surface area contributed by atoms with Crippen LogP contribution in [-0.2, 0) is 20.0 Å². The van der Waals surface area contributed by atoms with E-state index in [2.05, 4.69) is 40.4 Å². The van der Waals surface area contributed by atoms with Crippen LogP contribution in [0, 0.1) is 0 Å².